The van der Waals surface area contributed by atoms with Gasteiger partial charge in [0.1, 0.15) is 16.1 Å². The van der Waals surface area contributed by atoms with Crippen LogP contribution in [0.25, 0.3) is 22.5 Å². The fourth-order valence-electron chi connectivity index (χ4n) is 3.05. The fraction of sp³-hybridized carbons (Fsp3) is 0.429. The fourth-order valence-corrected chi connectivity index (χ4v) is 3.67. The van der Waals surface area contributed by atoms with Gasteiger partial charge in [-0.05, 0) is 59.2 Å². The molecule has 1 aromatic carbocycles. The van der Waals surface area contributed by atoms with Gasteiger partial charge in [-0.1, -0.05) is 4.40 Å². The maximum atomic E-state index is 13.1. The third-order valence-corrected chi connectivity index (χ3v) is 6.05. The van der Waals surface area contributed by atoms with Gasteiger partial charge in [0.05, 0.1) is 22.3 Å². The van der Waals surface area contributed by atoms with E-state index in [9.17, 15) is 9.35 Å². The van der Waals surface area contributed by atoms with Gasteiger partial charge < -0.3 is 8.97 Å². The summed E-state index contributed by atoms with van der Waals surface area (Å²) in [4.78, 5) is 22.2. The van der Waals surface area contributed by atoms with Crippen LogP contribution in [-0.4, -0.2) is 29.5 Å². The Kier molecular flexibility index (Phi) is 5.44. The van der Waals surface area contributed by atoms with E-state index in [1.807, 2.05) is 46.8 Å². The van der Waals surface area contributed by atoms with Crippen LogP contribution < -0.4 is 5.56 Å². The van der Waals surface area contributed by atoms with Crippen LogP contribution in [0, 0.1) is 20.8 Å². The van der Waals surface area contributed by atoms with E-state index in [0.717, 1.165) is 5.56 Å². The van der Waals surface area contributed by atoms with Crippen LogP contribution in [0.5, 0.6) is 0 Å². The highest BCUT2D eigenvalue weighted by molar-refractivity contribution is 7.91. The lowest BCUT2D eigenvalue weighted by Gasteiger charge is -2.19. The summed E-state index contributed by atoms with van der Waals surface area (Å²) in [6.07, 6.45) is 0. The monoisotopic (exact) mass is 414 g/mol. The molecule has 0 bridgehead atoms. The first kappa shape index (κ1) is 21.3. The zero-order valence-corrected chi connectivity index (χ0v) is 18.9. The molecule has 0 fully saturated rings. The number of fused-ring (bicyclic) bond motifs is 1. The molecule has 0 spiro atoms. The molecule has 29 heavy (non-hydrogen) atoms. The average Bonchev–Trinajstić information content (AvgIpc) is 2.95. The summed E-state index contributed by atoms with van der Waals surface area (Å²) < 4.78 is 23.6. The normalized spacial score (nSPS) is 13.9. The Morgan fingerprint density at radius 3 is 2.41 bits per heavy atom. The molecule has 0 aliphatic carbocycles. The predicted molar refractivity (Wildman–Crippen MR) is 117 cm³/mol. The molecule has 0 saturated carbocycles. The van der Waals surface area contributed by atoms with Crippen molar-refractivity contribution in [1.29, 1.82) is 0 Å². The van der Waals surface area contributed by atoms with E-state index >= 15 is 0 Å². The molecule has 2 heterocycles. The summed E-state index contributed by atoms with van der Waals surface area (Å²) in [5.41, 5.74) is 3.15. The van der Waals surface area contributed by atoms with Crippen molar-refractivity contribution < 1.29 is 8.97 Å². The summed E-state index contributed by atoms with van der Waals surface area (Å²) in [7, 11) is 1.67. The number of rotatable bonds is 3. The van der Waals surface area contributed by atoms with Gasteiger partial charge in [-0.15, -0.1) is 0 Å². The number of benzene rings is 1. The molecule has 0 unspecified atom stereocenters. The summed E-state index contributed by atoms with van der Waals surface area (Å²) in [6, 6.07) is 3.72. The Morgan fingerprint density at radius 1 is 1.21 bits per heavy atom. The van der Waals surface area contributed by atoms with E-state index in [4.69, 9.17) is 9.40 Å². The highest BCUT2D eigenvalue weighted by atomic mass is 32.2. The number of aryl methyl sites for hydroxylation is 3. The molecule has 8 heteroatoms. The van der Waals surface area contributed by atoms with Crippen molar-refractivity contribution in [3.05, 3.63) is 45.2 Å². The summed E-state index contributed by atoms with van der Waals surface area (Å²) in [6.45, 7) is 12.9. The Hall–Kier alpha value is -2.45. The lowest BCUT2D eigenvalue weighted by atomic mass is 10.0. The van der Waals surface area contributed by atoms with Gasteiger partial charge in [0.25, 0.3) is 5.56 Å². The highest BCUT2D eigenvalue weighted by Gasteiger charge is 2.27. The Morgan fingerprint density at radius 2 is 1.86 bits per heavy atom. The van der Waals surface area contributed by atoms with Gasteiger partial charge in [-0.3, -0.25) is 9.36 Å². The molecular weight excluding hydrogens is 388 g/mol. The first-order chi connectivity index (χ1) is 13.4. The van der Waals surface area contributed by atoms with Crippen LogP contribution in [0.1, 0.15) is 50.4 Å². The van der Waals surface area contributed by atoms with Crippen LogP contribution in [0.15, 0.2) is 25.7 Å². The van der Waals surface area contributed by atoms with Crippen LogP contribution in [0.4, 0.5) is 0 Å². The van der Waals surface area contributed by atoms with Crippen molar-refractivity contribution in [3.63, 3.8) is 0 Å². The van der Waals surface area contributed by atoms with Gasteiger partial charge >= 0.3 is 0 Å². The van der Waals surface area contributed by atoms with E-state index in [2.05, 4.69) is 9.38 Å². The molecule has 3 rings (SSSR count). The maximum absolute atomic E-state index is 13.1. The molecule has 0 N–H and O–H groups in total. The van der Waals surface area contributed by atoms with Gasteiger partial charge in [0, 0.05) is 19.5 Å². The van der Waals surface area contributed by atoms with Gasteiger partial charge in [0.15, 0.2) is 17.5 Å². The molecule has 154 valence electrons. The van der Waals surface area contributed by atoms with Crippen molar-refractivity contribution in [2.24, 2.45) is 11.4 Å². The quantitative estimate of drug-likeness (QED) is 0.480. The third kappa shape index (κ3) is 4.00. The van der Waals surface area contributed by atoms with Gasteiger partial charge in [-0.2, -0.15) is 0 Å². The average molecular weight is 415 g/mol. The first-order valence-corrected chi connectivity index (χ1v) is 10.4. The highest BCUT2D eigenvalue weighted by Crippen LogP contribution is 2.26. The van der Waals surface area contributed by atoms with E-state index in [-0.39, 0.29) is 5.56 Å². The second kappa shape index (κ2) is 7.42. The number of aromatic nitrogens is 3. The largest absolute Gasteiger partial charge is 0.591 e. The van der Waals surface area contributed by atoms with Gasteiger partial charge in [0.2, 0.25) is 0 Å². The minimum absolute atomic E-state index is 0.187. The van der Waals surface area contributed by atoms with Gasteiger partial charge in [-0.25, -0.2) is 9.97 Å². The Bertz CT molecular complexity index is 1190. The topological polar surface area (TPSA) is 96.3 Å². The van der Waals surface area contributed by atoms with Crippen LogP contribution in [0.2, 0.25) is 0 Å². The van der Waals surface area contributed by atoms with Crippen molar-refractivity contribution in [2.75, 3.05) is 0 Å². The SMILES string of the molecule is C/C(=N/[S@+]([O-])C(C)(C)C)c1cc(C)cc2c(=O)n(C)c(-c3oc(C)nc3C)nc12. The Labute approximate surface area is 173 Å². The van der Waals surface area contributed by atoms with Crippen molar-refractivity contribution in [3.8, 4) is 11.6 Å². The minimum atomic E-state index is -1.42. The van der Waals surface area contributed by atoms with Crippen LogP contribution in [0.3, 0.4) is 0 Å². The van der Waals surface area contributed by atoms with Crippen LogP contribution >= 0.6 is 0 Å². The molecule has 1 atom stereocenters. The van der Waals surface area contributed by atoms with E-state index in [1.165, 1.54) is 4.57 Å². The summed E-state index contributed by atoms with van der Waals surface area (Å²) in [5.74, 6) is 1.37. The van der Waals surface area contributed by atoms with E-state index in [1.54, 1.807) is 20.9 Å². The second-order valence-electron chi connectivity index (χ2n) is 8.19. The zero-order valence-electron chi connectivity index (χ0n) is 18.1. The summed E-state index contributed by atoms with van der Waals surface area (Å²) in [5, 5.41) is 0.483. The lowest BCUT2D eigenvalue weighted by Crippen LogP contribution is -2.27. The number of hydrogen-bond acceptors (Lipinski definition) is 6. The van der Waals surface area contributed by atoms with Crippen molar-refractivity contribution in [2.45, 2.75) is 53.2 Å². The third-order valence-electron chi connectivity index (χ3n) is 4.56. The Balaban J connectivity index is 2.34. The number of oxazole rings is 1. The first-order valence-electron chi connectivity index (χ1n) is 9.33. The number of nitrogens with zero attached hydrogens (tertiary/aromatic N) is 4. The van der Waals surface area contributed by atoms with Crippen molar-refractivity contribution >= 4 is 28.0 Å². The summed E-state index contributed by atoms with van der Waals surface area (Å²) >= 11 is -1.42. The molecule has 0 aliphatic heterocycles. The molecule has 0 saturated heterocycles. The molecule has 0 aliphatic rings. The smallest absolute Gasteiger partial charge is 0.261 e. The van der Waals surface area contributed by atoms with Crippen LogP contribution in [-0.2, 0) is 18.4 Å². The number of hydrogen-bond donors (Lipinski definition) is 0. The van der Waals surface area contributed by atoms with E-state index in [0.29, 0.717) is 45.3 Å². The second-order valence-corrected chi connectivity index (χ2v) is 10.1. The van der Waals surface area contributed by atoms with E-state index < -0.39 is 16.1 Å². The predicted octanol–water partition coefficient (Wildman–Crippen LogP) is 3.78. The molecule has 3 aromatic rings. The molecule has 7 nitrogen and oxygen atoms in total. The minimum Gasteiger partial charge on any atom is -0.591 e. The maximum Gasteiger partial charge on any atom is 0.261 e. The molecular formula is C21H26N4O3S. The zero-order chi connectivity index (χ0) is 21.7. The lowest BCUT2D eigenvalue weighted by molar-refractivity contribution is 0.526. The molecule has 0 amide bonds. The molecule has 0 radical (unpaired) electrons. The standard InChI is InChI=1S/C21H26N4O3S/c1-11-9-15(12(2)24-29(27)21(5,6)7)17-16(10-11)20(26)25(8)19(23-17)18-13(3)22-14(4)28-18/h9-10H,1-8H3/b24-12-/t29-/m1/s1. The molecule has 2 aromatic heterocycles. The van der Waals surface area contributed by atoms with Crippen molar-refractivity contribution in [1.82, 2.24) is 14.5 Å².